The number of aromatic nitrogens is 3. The van der Waals surface area contributed by atoms with E-state index in [1.165, 1.54) is 0 Å². The molecule has 2 heterocycles. The van der Waals surface area contributed by atoms with Gasteiger partial charge in [0, 0.05) is 12.2 Å². The van der Waals surface area contributed by atoms with Crippen LogP contribution in [0, 0.1) is 6.92 Å². The largest absolute Gasteiger partial charge is 0.318 e. The van der Waals surface area contributed by atoms with E-state index in [2.05, 4.69) is 39.9 Å². The molecule has 0 saturated carbocycles. The smallest absolute Gasteiger partial charge is 0.0908 e. The third-order valence-electron chi connectivity index (χ3n) is 2.83. The Morgan fingerprint density at radius 1 is 1.39 bits per heavy atom. The molecule has 2 rings (SSSR count). The number of nitrogens with zero attached hydrogens (tertiary/aromatic N) is 3. The van der Waals surface area contributed by atoms with Gasteiger partial charge in [-0.2, -0.15) is 5.10 Å². The van der Waals surface area contributed by atoms with E-state index in [1.54, 1.807) is 12.4 Å². The van der Waals surface area contributed by atoms with Gasteiger partial charge in [-0.1, -0.05) is 0 Å². The number of pyridine rings is 1. The molecule has 96 valence electrons. The molecule has 0 bridgehead atoms. The Morgan fingerprint density at radius 3 is 2.72 bits per heavy atom. The highest BCUT2D eigenvalue weighted by molar-refractivity contribution is 9.10. The standard InChI is InChI=1S/C13H17BrN4/c1-8(2)18-13(10(14)7-17-18)12(15)11-6-9(3)4-5-16-11/h4-8,12H,15H2,1-3H3. The highest BCUT2D eigenvalue weighted by Crippen LogP contribution is 2.28. The van der Waals surface area contributed by atoms with Crippen LogP contribution in [0.1, 0.15) is 42.9 Å². The molecule has 5 heteroatoms. The van der Waals surface area contributed by atoms with E-state index in [0.29, 0.717) is 0 Å². The second-order valence-corrected chi connectivity index (χ2v) is 5.51. The van der Waals surface area contributed by atoms with Gasteiger partial charge in [-0.3, -0.25) is 9.67 Å². The van der Waals surface area contributed by atoms with E-state index in [1.807, 2.05) is 23.7 Å². The second kappa shape index (κ2) is 5.20. The molecule has 1 atom stereocenters. The Balaban J connectivity index is 2.45. The SMILES string of the molecule is Cc1ccnc(C(N)c2c(Br)cnn2C(C)C)c1. The maximum atomic E-state index is 6.32. The Hall–Kier alpha value is -1.20. The second-order valence-electron chi connectivity index (χ2n) is 4.65. The Bertz CT molecular complexity index is 548. The molecule has 0 saturated heterocycles. The van der Waals surface area contributed by atoms with E-state index in [-0.39, 0.29) is 12.1 Å². The van der Waals surface area contributed by atoms with E-state index in [4.69, 9.17) is 5.73 Å². The van der Waals surface area contributed by atoms with Crippen LogP contribution in [0.5, 0.6) is 0 Å². The number of halogens is 1. The molecule has 0 fully saturated rings. The molecule has 0 spiro atoms. The summed E-state index contributed by atoms with van der Waals surface area (Å²) in [5.74, 6) is 0. The summed E-state index contributed by atoms with van der Waals surface area (Å²) in [6.07, 6.45) is 3.57. The average molecular weight is 309 g/mol. The summed E-state index contributed by atoms with van der Waals surface area (Å²) in [5.41, 5.74) is 9.29. The Labute approximate surface area is 115 Å². The Morgan fingerprint density at radius 2 is 2.11 bits per heavy atom. The minimum absolute atomic E-state index is 0.266. The zero-order valence-corrected chi connectivity index (χ0v) is 12.3. The Kier molecular flexibility index (Phi) is 3.82. The predicted molar refractivity (Wildman–Crippen MR) is 75.3 cm³/mol. The molecule has 2 aromatic rings. The molecule has 18 heavy (non-hydrogen) atoms. The van der Waals surface area contributed by atoms with E-state index >= 15 is 0 Å². The molecular formula is C13H17BrN4. The van der Waals surface area contributed by atoms with Gasteiger partial charge in [-0.25, -0.2) is 0 Å². The van der Waals surface area contributed by atoms with Crippen LogP contribution < -0.4 is 5.73 Å². The van der Waals surface area contributed by atoms with Gasteiger partial charge in [0.2, 0.25) is 0 Å². The fourth-order valence-electron chi connectivity index (χ4n) is 1.92. The predicted octanol–water partition coefficient (Wildman–Crippen LogP) is 2.98. The van der Waals surface area contributed by atoms with Crippen molar-refractivity contribution in [1.29, 1.82) is 0 Å². The summed E-state index contributed by atoms with van der Waals surface area (Å²) in [4.78, 5) is 4.35. The number of nitrogens with two attached hydrogens (primary N) is 1. The van der Waals surface area contributed by atoms with E-state index in [0.717, 1.165) is 21.4 Å². The highest BCUT2D eigenvalue weighted by atomic mass is 79.9. The monoisotopic (exact) mass is 308 g/mol. The summed E-state index contributed by atoms with van der Waals surface area (Å²) in [6, 6.07) is 3.96. The lowest BCUT2D eigenvalue weighted by atomic mass is 10.1. The molecule has 0 aliphatic rings. The molecule has 0 aromatic carbocycles. The van der Waals surface area contributed by atoms with Crippen LogP contribution in [0.3, 0.4) is 0 Å². The van der Waals surface area contributed by atoms with Crippen molar-refractivity contribution in [2.75, 3.05) is 0 Å². The molecule has 0 aliphatic heterocycles. The van der Waals surface area contributed by atoms with Gasteiger partial charge in [0.1, 0.15) is 0 Å². The lowest BCUT2D eigenvalue weighted by Gasteiger charge is -2.17. The molecule has 2 N–H and O–H groups in total. The van der Waals surface area contributed by atoms with Gasteiger partial charge in [0.25, 0.3) is 0 Å². The first-order valence-electron chi connectivity index (χ1n) is 5.91. The number of aryl methyl sites for hydroxylation is 1. The topological polar surface area (TPSA) is 56.7 Å². The normalized spacial score (nSPS) is 13.0. The summed E-state index contributed by atoms with van der Waals surface area (Å²) in [7, 11) is 0. The molecule has 0 radical (unpaired) electrons. The first-order chi connectivity index (χ1) is 8.50. The minimum Gasteiger partial charge on any atom is -0.318 e. The quantitative estimate of drug-likeness (QED) is 0.948. The van der Waals surface area contributed by atoms with Crippen LogP contribution in [0.15, 0.2) is 29.0 Å². The van der Waals surface area contributed by atoms with E-state index < -0.39 is 0 Å². The van der Waals surface area contributed by atoms with Crippen molar-refractivity contribution in [3.8, 4) is 0 Å². The number of hydrogen-bond donors (Lipinski definition) is 1. The van der Waals surface area contributed by atoms with Crippen LogP contribution in [-0.2, 0) is 0 Å². The highest BCUT2D eigenvalue weighted by Gasteiger charge is 2.20. The van der Waals surface area contributed by atoms with Crippen molar-refractivity contribution in [1.82, 2.24) is 14.8 Å². The van der Waals surface area contributed by atoms with Gasteiger partial charge < -0.3 is 5.73 Å². The van der Waals surface area contributed by atoms with Crippen LogP contribution >= 0.6 is 15.9 Å². The van der Waals surface area contributed by atoms with Crippen molar-refractivity contribution in [2.24, 2.45) is 5.73 Å². The summed E-state index contributed by atoms with van der Waals surface area (Å²) < 4.78 is 2.85. The fraction of sp³-hybridized carbons (Fsp3) is 0.385. The van der Waals surface area contributed by atoms with Gasteiger partial charge in [-0.15, -0.1) is 0 Å². The first-order valence-corrected chi connectivity index (χ1v) is 6.71. The third-order valence-corrected chi connectivity index (χ3v) is 3.44. The van der Waals surface area contributed by atoms with Gasteiger partial charge in [-0.05, 0) is 54.4 Å². The van der Waals surface area contributed by atoms with Gasteiger partial charge in [0.05, 0.1) is 28.1 Å². The first kappa shape index (κ1) is 13.2. The van der Waals surface area contributed by atoms with E-state index in [9.17, 15) is 0 Å². The van der Waals surface area contributed by atoms with Crippen molar-refractivity contribution >= 4 is 15.9 Å². The maximum absolute atomic E-state index is 6.32. The fourth-order valence-corrected chi connectivity index (χ4v) is 2.44. The molecule has 2 aromatic heterocycles. The molecule has 0 aliphatic carbocycles. The van der Waals surface area contributed by atoms with Crippen molar-refractivity contribution < 1.29 is 0 Å². The zero-order valence-electron chi connectivity index (χ0n) is 10.8. The lowest BCUT2D eigenvalue weighted by molar-refractivity contribution is 0.496. The molecule has 0 amide bonds. The van der Waals surface area contributed by atoms with Crippen LogP contribution in [0.2, 0.25) is 0 Å². The average Bonchev–Trinajstić information content (AvgIpc) is 2.70. The summed E-state index contributed by atoms with van der Waals surface area (Å²) in [6.45, 7) is 6.20. The molecule has 1 unspecified atom stereocenters. The number of rotatable bonds is 3. The van der Waals surface area contributed by atoms with Crippen molar-refractivity contribution in [3.05, 3.63) is 46.0 Å². The summed E-state index contributed by atoms with van der Waals surface area (Å²) in [5, 5.41) is 4.35. The van der Waals surface area contributed by atoms with Crippen LogP contribution in [0.25, 0.3) is 0 Å². The van der Waals surface area contributed by atoms with Crippen molar-refractivity contribution in [3.63, 3.8) is 0 Å². The van der Waals surface area contributed by atoms with Crippen molar-refractivity contribution in [2.45, 2.75) is 32.9 Å². The molecular weight excluding hydrogens is 292 g/mol. The number of hydrogen-bond acceptors (Lipinski definition) is 3. The maximum Gasteiger partial charge on any atom is 0.0908 e. The van der Waals surface area contributed by atoms with Crippen LogP contribution in [-0.4, -0.2) is 14.8 Å². The molecule has 4 nitrogen and oxygen atoms in total. The van der Waals surface area contributed by atoms with Gasteiger partial charge >= 0.3 is 0 Å². The lowest BCUT2D eigenvalue weighted by Crippen LogP contribution is -2.20. The van der Waals surface area contributed by atoms with Crippen LogP contribution in [0.4, 0.5) is 0 Å². The van der Waals surface area contributed by atoms with Gasteiger partial charge in [0.15, 0.2) is 0 Å². The third kappa shape index (κ3) is 2.47. The zero-order chi connectivity index (χ0) is 13.3. The minimum atomic E-state index is -0.274. The summed E-state index contributed by atoms with van der Waals surface area (Å²) >= 11 is 3.51.